The number of hydrogen-bond donors (Lipinski definition) is 3. The van der Waals surface area contributed by atoms with E-state index in [1.807, 2.05) is 6.92 Å². The molecule has 0 spiro atoms. The molecule has 0 aliphatic heterocycles. The molecule has 0 bridgehead atoms. The molecule has 3 nitrogen and oxygen atoms in total. The van der Waals surface area contributed by atoms with E-state index in [1.165, 1.54) is 12.1 Å². The van der Waals surface area contributed by atoms with Crippen molar-refractivity contribution in [2.24, 2.45) is 5.92 Å². The zero-order valence-electron chi connectivity index (χ0n) is 9.54. The van der Waals surface area contributed by atoms with Crippen LogP contribution in [-0.4, -0.2) is 18.3 Å². The van der Waals surface area contributed by atoms with Gasteiger partial charge in [-0.25, -0.2) is 4.39 Å². The monoisotopic (exact) mass is 226 g/mol. The van der Waals surface area contributed by atoms with Crippen LogP contribution in [0.15, 0.2) is 18.2 Å². The highest BCUT2D eigenvalue weighted by Crippen LogP contribution is 2.15. The van der Waals surface area contributed by atoms with Gasteiger partial charge in [0.15, 0.2) is 0 Å². The Morgan fingerprint density at radius 3 is 2.81 bits per heavy atom. The van der Waals surface area contributed by atoms with E-state index < -0.39 is 0 Å². The minimum Gasteiger partial charge on any atom is -0.399 e. The minimum atomic E-state index is -0.328. The molecule has 0 aliphatic carbocycles. The molecule has 1 unspecified atom stereocenters. The molecular weight excluding hydrogens is 207 g/mol. The normalized spacial score (nSPS) is 12.4. The van der Waals surface area contributed by atoms with Crippen LogP contribution >= 0.6 is 0 Å². The maximum Gasteiger partial charge on any atom is 0.127 e. The highest BCUT2D eigenvalue weighted by Gasteiger charge is 2.00. The van der Waals surface area contributed by atoms with Crippen LogP contribution in [0.1, 0.15) is 19.8 Å². The van der Waals surface area contributed by atoms with Gasteiger partial charge in [-0.05, 0) is 37.0 Å². The molecule has 4 heteroatoms. The van der Waals surface area contributed by atoms with Crippen molar-refractivity contribution >= 4 is 11.4 Å². The van der Waals surface area contributed by atoms with E-state index in [2.05, 4.69) is 5.32 Å². The fourth-order valence-electron chi connectivity index (χ4n) is 1.49. The van der Waals surface area contributed by atoms with Gasteiger partial charge in [0.2, 0.25) is 0 Å². The van der Waals surface area contributed by atoms with Crippen molar-refractivity contribution in [1.82, 2.24) is 0 Å². The second-order valence-electron chi connectivity index (χ2n) is 4.13. The summed E-state index contributed by atoms with van der Waals surface area (Å²) in [5, 5.41) is 11.9. The Bertz CT molecular complexity index is 311. The highest BCUT2D eigenvalue weighted by molar-refractivity contribution is 5.54. The molecule has 0 saturated carbocycles. The van der Waals surface area contributed by atoms with Crippen LogP contribution in [0.4, 0.5) is 15.8 Å². The first-order valence-electron chi connectivity index (χ1n) is 5.52. The molecule has 0 amide bonds. The third-order valence-corrected chi connectivity index (χ3v) is 2.43. The van der Waals surface area contributed by atoms with Gasteiger partial charge in [-0.2, -0.15) is 0 Å². The number of nitrogen functional groups attached to an aromatic ring is 1. The van der Waals surface area contributed by atoms with Crippen LogP contribution in [0.2, 0.25) is 0 Å². The van der Waals surface area contributed by atoms with Gasteiger partial charge in [0.25, 0.3) is 0 Å². The number of nitrogens with two attached hydrogens (primary N) is 1. The summed E-state index contributed by atoms with van der Waals surface area (Å²) in [5.41, 5.74) is 6.65. The van der Waals surface area contributed by atoms with Crippen molar-refractivity contribution in [2.75, 3.05) is 24.2 Å². The first-order valence-corrected chi connectivity index (χ1v) is 5.52. The predicted octanol–water partition coefficient (Wildman–Crippen LogP) is 2.23. The maximum atomic E-state index is 13.0. The van der Waals surface area contributed by atoms with Crippen molar-refractivity contribution < 1.29 is 9.50 Å². The quantitative estimate of drug-likeness (QED) is 0.515. The summed E-state index contributed by atoms with van der Waals surface area (Å²) in [7, 11) is 0. The van der Waals surface area contributed by atoms with Crippen LogP contribution in [0.25, 0.3) is 0 Å². The van der Waals surface area contributed by atoms with Gasteiger partial charge in [-0.3, -0.25) is 0 Å². The van der Waals surface area contributed by atoms with Crippen molar-refractivity contribution in [3.05, 3.63) is 24.0 Å². The van der Waals surface area contributed by atoms with Gasteiger partial charge in [0.05, 0.1) is 0 Å². The van der Waals surface area contributed by atoms with Gasteiger partial charge in [-0.15, -0.1) is 0 Å². The van der Waals surface area contributed by atoms with E-state index in [1.54, 1.807) is 6.07 Å². The molecule has 4 N–H and O–H groups in total. The molecule has 0 heterocycles. The van der Waals surface area contributed by atoms with Crippen molar-refractivity contribution in [3.8, 4) is 0 Å². The number of nitrogens with one attached hydrogen (secondary N) is 1. The van der Waals surface area contributed by atoms with Crippen LogP contribution in [0, 0.1) is 11.7 Å². The lowest BCUT2D eigenvalue weighted by Gasteiger charge is -2.09. The summed E-state index contributed by atoms with van der Waals surface area (Å²) in [5.74, 6) is -0.00870. The lowest BCUT2D eigenvalue weighted by Crippen LogP contribution is -2.06. The van der Waals surface area contributed by atoms with Gasteiger partial charge < -0.3 is 16.2 Å². The fraction of sp³-hybridized carbons (Fsp3) is 0.500. The Kier molecular flexibility index (Phi) is 5.05. The molecular formula is C12H19FN2O. The molecule has 1 aromatic rings. The van der Waals surface area contributed by atoms with E-state index >= 15 is 0 Å². The topological polar surface area (TPSA) is 58.3 Å². The third kappa shape index (κ3) is 4.49. The zero-order valence-corrected chi connectivity index (χ0v) is 9.54. The van der Waals surface area contributed by atoms with E-state index in [4.69, 9.17) is 10.8 Å². The number of rotatable bonds is 6. The SMILES string of the molecule is CC(CO)CCCNc1cc(N)cc(F)c1. The third-order valence-electron chi connectivity index (χ3n) is 2.43. The highest BCUT2D eigenvalue weighted by atomic mass is 19.1. The smallest absolute Gasteiger partial charge is 0.127 e. The lowest BCUT2D eigenvalue weighted by atomic mass is 10.1. The van der Waals surface area contributed by atoms with E-state index in [9.17, 15) is 4.39 Å². The molecule has 90 valence electrons. The first-order chi connectivity index (χ1) is 7.61. The molecule has 0 fully saturated rings. The number of halogens is 1. The fourth-order valence-corrected chi connectivity index (χ4v) is 1.49. The van der Waals surface area contributed by atoms with Crippen LogP contribution in [0.3, 0.4) is 0 Å². The summed E-state index contributed by atoms with van der Waals surface area (Å²) >= 11 is 0. The second-order valence-corrected chi connectivity index (χ2v) is 4.13. The largest absolute Gasteiger partial charge is 0.399 e. The summed E-state index contributed by atoms with van der Waals surface area (Å²) in [4.78, 5) is 0. The molecule has 1 rings (SSSR count). The molecule has 0 aliphatic rings. The number of aliphatic hydroxyl groups is 1. The molecule has 1 aromatic carbocycles. The standard InChI is InChI=1S/C12H19FN2O/c1-9(8-16)3-2-4-15-12-6-10(13)5-11(14)7-12/h5-7,9,15-16H,2-4,8,14H2,1H3. The average Bonchev–Trinajstić information content (AvgIpc) is 2.22. The minimum absolute atomic E-state index is 0.215. The van der Waals surface area contributed by atoms with Crippen LogP contribution in [0.5, 0.6) is 0 Å². The molecule has 1 atom stereocenters. The lowest BCUT2D eigenvalue weighted by molar-refractivity contribution is 0.229. The first kappa shape index (κ1) is 12.8. The molecule has 16 heavy (non-hydrogen) atoms. The molecule has 0 radical (unpaired) electrons. The van der Waals surface area contributed by atoms with Crippen LogP contribution < -0.4 is 11.1 Å². The van der Waals surface area contributed by atoms with Gasteiger partial charge in [0, 0.05) is 24.5 Å². The summed E-state index contributed by atoms with van der Waals surface area (Å²) in [6.07, 6.45) is 1.90. The molecule has 0 saturated heterocycles. The van der Waals surface area contributed by atoms with Crippen LogP contribution in [-0.2, 0) is 0 Å². The molecule has 0 aromatic heterocycles. The van der Waals surface area contributed by atoms with Gasteiger partial charge in [0.1, 0.15) is 5.82 Å². The number of anilines is 2. The summed E-state index contributed by atoms with van der Waals surface area (Å²) < 4.78 is 13.0. The Morgan fingerprint density at radius 2 is 2.19 bits per heavy atom. The number of aliphatic hydroxyl groups excluding tert-OH is 1. The van der Waals surface area contributed by atoms with Gasteiger partial charge in [-0.1, -0.05) is 6.92 Å². The number of benzene rings is 1. The second kappa shape index (κ2) is 6.33. The Balaban J connectivity index is 2.32. The Hall–Kier alpha value is -1.29. The zero-order chi connectivity index (χ0) is 12.0. The maximum absolute atomic E-state index is 13.0. The Morgan fingerprint density at radius 1 is 1.44 bits per heavy atom. The average molecular weight is 226 g/mol. The van der Waals surface area contributed by atoms with Crippen molar-refractivity contribution in [3.63, 3.8) is 0 Å². The van der Waals surface area contributed by atoms with Crippen molar-refractivity contribution in [1.29, 1.82) is 0 Å². The van der Waals surface area contributed by atoms with Gasteiger partial charge >= 0.3 is 0 Å². The van der Waals surface area contributed by atoms with E-state index in [-0.39, 0.29) is 12.4 Å². The number of hydrogen-bond acceptors (Lipinski definition) is 3. The Labute approximate surface area is 95.5 Å². The van der Waals surface area contributed by atoms with E-state index in [0.29, 0.717) is 17.3 Å². The predicted molar refractivity (Wildman–Crippen MR) is 64.8 cm³/mol. The summed E-state index contributed by atoms with van der Waals surface area (Å²) in [6, 6.07) is 4.42. The van der Waals surface area contributed by atoms with Crippen molar-refractivity contribution in [2.45, 2.75) is 19.8 Å². The van der Waals surface area contributed by atoms with E-state index in [0.717, 1.165) is 19.4 Å². The summed E-state index contributed by atoms with van der Waals surface area (Å²) in [6.45, 7) is 2.97.